The van der Waals surface area contributed by atoms with Crippen LogP contribution >= 0.6 is 0 Å². The predicted octanol–water partition coefficient (Wildman–Crippen LogP) is 1.38. The highest BCUT2D eigenvalue weighted by molar-refractivity contribution is 5.34. The topological polar surface area (TPSA) is 93.0 Å². The van der Waals surface area contributed by atoms with E-state index in [1.807, 2.05) is 6.07 Å². The number of hydrogen-bond acceptors (Lipinski definition) is 4. The molecule has 15 heavy (non-hydrogen) atoms. The maximum Gasteiger partial charge on any atom is 0.269 e. The van der Waals surface area contributed by atoms with E-state index in [1.165, 1.54) is 12.1 Å². The van der Waals surface area contributed by atoms with Crippen LogP contribution in [0.15, 0.2) is 24.3 Å². The van der Waals surface area contributed by atoms with Gasteiger partial charge in [0.15, 0.2) is 0 Å². The molecule has 0 radical (unpaired) electrons. The van der Waals surface area contributed by atoms with Gasteiger partial charge in [-0.15, -0.1) is 0 Å². The van der Waals surface area contributed by atoms with E-state index in [1.54, 1.807) is 12.1 Å². The summed E-state index contributed by atoms with van der Waals surface area (Å²) in [4.78, 5) is 10.0. The number of non-ortho nitro benzene ring substituents is 1. The van der Waals surface area contributed by atoms with Gasteiger partial charge in [0, 0.05) is 18.2 Å². The van der Waals surface area contributed by atoms with E-state index in [-0.39, 0.29) is 18.2 Å². The Hall–Kier alpha value is -1.93. The average molecular weight is 205 g/mol. The first-order valence-electron chi connectivity index (χ1n) is 4.49. The van der Waals surface area contributed by atoms with Crippen LogP contribution in [0, 0.1) is 21.4 Å². The fourth-order valence-electron chi connectivity index (χ4n) is 1.29. The van der Waals surface area contributed by atoms with E-state index in [9.17, 15) is 10.1 Å². The van der Waals surface area contributed by atoms with Crippen molar-refractivity contribution in [1.82, 2.24) is 0 Å². The highest BCUT2D eigenvalue weighted by Gasteiger charge is 2.08. The van der Waals surface area contributed by atoms with Crippen molar-refractivity contribution in [2.24, 2.45) is 5.73 Å². The Bertz CT molecular complexity index is 398. The molecule has 5 nitrogen and oxygen atoms in total. The average Bonchev–Trinajstić information content (AvgIpc) is 2.18. The molecule has 0 aliphatic heterocycles. The van der Waals surface area contributed by atoms with Gasteiger partial charge in [-0.05, 0) is 12.0 Å². The quantitative estimate of drug-likeness (QED) is 0.593. The Morgan fingerprint density at radius 1 is 1.60 bits per heavy atom. The smallest absolute Gasteiger partial charge is 0.269 e. The molecule has 1 atom stereocenters. The molecule has 78 valence electrons. The van der Waals surface area contributed by atoms with Gasteiger partial charge in [0.05, 0.1) is 17.4 Å². The molecule has 0 heterocycles. The van der Waals surface area contributed by atoms with Gasteiger partial charge in [0.2, 0.25) is 0 Å². The normalized spacial score (nSPS) is 11.7. The van der Waals surface area contributed by atoms with Gasteiger partial charge in [-0.1, -0.05) is 12.1 Å². The zero-order chi connectivity index (χ0) is 11.3. The van der Waals surface area contributed by atoms with Crippen LogP contribution in [0.25, 0.3) is 0 Å². The second kappa shape index (κ2) is 5.08. The van der Waals surface area contributed by atoms with Crippen LogP contribution in [-0.4, -0.2) is 11.0 Å². The van der Waals surface area contributed by atoms with Gasteiger partial charge in [0.25, 0.3) is 5.69 Å². The fourth-order valence-corrected chi connectivity index (χ4v) is 1.29. The highest BCUT2D eigenvalue weighted by atomic mass is 16.6. The SMILES string of the molecule is N#CC[C@@H](N)Cc1cccc([N+](=O)[O-])c1. The molecule has 0 amide bonds. The number of nitriles is 1. The number of nitro groups is 1. The third-order valence-corrected chi connectivity index (χ3v) is 1.97. The van der Waals surface area contributed by atoms with Gasteiger partial charge in [-0.2, -0.15) is 5.26 Å². The van der Waals surface area contributed by atoms with E-state index in [0.717, 1.165) is 5.56 Å². The summed E-state index contributed by atoms with van der Waals surface area (Å²) in [6, 6.07) is 8.00. The summed E-state index contributed by atoms with van der Waals surface area (Å²) in [7, 11) is 0. The summed E-state index contributed by atoms with van der Waals surface area (Å²) in [6.45, 7) is 0. The largest absolute Gasteiger partial charge is 0.326 e. The predicted molar refractivity (Wildman–Crippen MR) is 55.0 cm³/mol. The summed E-state index contributed by atoms with van der Waals surface area (Å²) in [6.07, 6.45) is 0.734. The Morgan fingerprint density at radius 3 is 2.93 bits per heavy atom. The summed E-state index contributed by atoms with van der Waals surface area (Å²) in [5.41, 5.74) is 6.49. The lowest BCUT2D eigenvalue weighted by molar-refractivity contribution is -0.384. The van der Waals surface area contributed by atoms with Gasteiger partial charge in [-0.3, -0.25) is 10.1 Å². The molecule has 0 saturated heterocycles. The zero-order valence-corrected chi connectivity index (χ0v) is 8.09. The van der Waals surface area contributed by atoms with Crippen molar-refractivity contribution < 1.29 is 4.92 Å². The molecule has 1 aromatic rings. The Kier molecular flexibility index (Phi) is 3.77. The standard InChI is InChI=1S/C10H11N3O2/c11-5-4-9(12)6-8-2-1-3-10(7-8)13(14)15/h1-3,7,9H,4,6,12H2/t9-/m1/s1. The minimum Gasteiger partial charge on any atom is -0.326 e. The van der Waals surface area contributed by atoms with Crippen LogP contribution in [0.2, 0.25) is 0 Å². The molecule has 0 spiro atoms. The summed E-state index contributed by atoms with van der Waals surface area (Å²) in [5, 5.41) is 18.9. The van der Waals surface area contributed by atoms with Crippen molar-refractivity contribution in [2.45, 2.75) is 18.9 Å². The summed E-state index contributed by atoms with van der Waals surface area (Å²) < 4.78 is 0. The molecule has 0 aliphatic carbocycles. The van der Waals surface area contributed by atoms with Crippen LogP contribution in [0.5, 0.6) is 0 Å². The van der Waals surface area contributed by atoms with Crippen LogP contribution in [0.3, 0.4) is 0 Å². The van der Waals surface area contributed by atoms with E-state index in [4.69, 9.17) is 11.0 Å². The van der Waals surface area contributed by atoms with E-state index in [2.05, 4.69) is 0 Å². The molecule has 1 aromatic carbocycles. The molecule has 0 unspecified atom stereocenters. The Balaban J connectivity index is 2.74. The lowest BCUT2D eigenvalue weighted by atomic mass is 10.0. The number of nitrogens with zero attached hydrogens (tertiary/aromatic N) is 2. The Labute approximate surface area is 87.3 Å². The van der Waals surface area contributed by atoms with Crippen molar-refractivity contribution in [1.29, 1.82) is 5.26 Å². The highest BCUT2D eigenvalue weighted by Crippen LogP contribution is 2.14. The maximum absolute atomic E-state index is 10.5. The molecule has 5 heteroatoms. The number of benzene rings is 1. The number of nitrogens with two attached hydrogens (primary N) is 1. The van der Waals surface area contributed by atoms with Crippen molar-refractivity contribution in [3.05, 3.63) is 39.9 Å². The number of rotatable bonds is 4. The van der Waals surface area contributed by atoms with Crippen LogP contribution < -0.4 is 5.73 Å². The third-order valence-electron chi connectivity index (χ3n) is 1.97. The van der Waals surface area contributed by atoms with Crippen molar-refractivity contribution in [2.75, 3.05) is 0 Å². The van der Waals surface area contributed by atoms with Crippen LogP contribution in [0.1, 0.15) is 12.0 Å². The monoisotopic (exact) mass is 205 g/mol. The molecule has 0 bridgehead atoms. The lowest BCUT2D eigenvalue weighted by Gasteiger charge is -2.06. The first-order valence-corrected chi connectivity index (χ1v) is 4.49. The number of nitro benzene ring substituents is 1. The first kappa shape index (κ1) is 11.1. The Morgan fingerprint density at radius 2 is 2.33 bits per heavy atom. The van der Waals surface area contributed by atoms with Crippen molar-refractivity contribution in [3.63, 3.8) is 0 Å². The molecule has 0 fully saturated rings. The second-order valence-electron chi connectivity index (χ2n) is 3.25. The van der Waals surface area contributed by atoms with E-state index in [0.29, 0.717) is 6.42 Å². The third kappa shape index (κ3) is 3.37. The zero-order valence-electron chi connectivity index (χ0n) is 8.09. The molecular weight excluding hydrogens is 194 g/mol. The van der Waals surface area contributed by atoms with Gasteiger partial charge in [-0.25, -0.2) is 0 Å². The lowest BCUT2D eigenvalue weighted by Crippen LogP contribution is -2.21. The first-order chi connectivity index (χ1) is 7.13. The van der Waals surface area contributed by atoms with Crippen LogP contribution in [-0.2, 0) is 6.42 Å². The van der Waals surface area contributed by atoms with Gasteiger partial charge >= 0.3 is 0 Å². The minimum absolute atomic E-state index is 0.0525. The van der Waals surface area contributed by atoms with Gasteiger partial charge in [0.1, 0.15) is 0 Å². The molecule has 1 rings (SSSR count). The second-order valence-corrected chi connectivity index (χ2v) is 3.25. The molecule has 2 N–H and O–H groups in total. The summed E-state index contributed by atoms with van der Waals surface area (Å²) >= 11 is 0. The summed E-state index contributed by atoms with van der Waals surface area (Å²) in [5.74, 6) is 0. The molecule has 0 aliphatic rings. The van der Waals surface area contributed by atoms with Gasteiger partial charge < -0.3 is 5.73 Å². The maximum atomic E-state index is 10.5. The molecular formula is C10H11N3O2. The number of hydrogen-bond donors (Lipinski definition) is 1. The fraction of sp³-hybridized carbons (Fsp3) is 0.300. The van der Waals surface area contributed by atoms with Crippen molar-refractivity contribution >= 4 is 5.69 Å². The van der Waals surface area contributed by atoms with E-state index < -0.39 is 4.92 Å². The van der Waals surface area contributed by atoms with Crippen LogP contribution in [0.4, 0.5) is 5.69 Å². The molecule has 0 saturated carbocycles. The molecule has 0 aromatic heterocycles. The van der Waals surface area contributed by atoms with E-state index >= 15 is 0 Å². The van der Waals surface area contributed by atoms with Crippen molar-refractivity contribution in [3.8, 4) is 6.07 Å². The minimum atomic E-state index is -0.445.